The van der Waals surface area contributed by atoms with E-state index in [0.29, 0.717) is 0 Å². The quantitative estimate of drug-likeness (QED) is 0.230. The van der Waals surface area contributed by atoms with Crippen LogP contribution in [0.25, 0.3) is 0 Å². The van der Waals surface area contributed by atoms with Gasteiger partial charge in [-0.2, -0.15) is 12.2 Å². The van der Waals surface area contributed by atoms with Crippen molar-refractivity contribution in [3.8, 4) is 0 Å². The number of halogens is 2. The van der Waals surface area contributed by atoms with Gasteiger partial charge < -0.3 is 24.8 Å². The standard InChI is InChI=1S/2C13H22Si.2C5H5.2ClH.2Ti/c2*1-3-4-8-14(9-5-10-14)13-7-6-12(2)11-13;2*1-2-4-5-3-1;;;;/h2*6,11H,3-5,7-10H2,1-2H3;2*1-3H,4H2;2*1H;;/q;;2*-1;;;;/p-2. The third kappa shape index (κ3) is 14.2. The summed E-state index contributed by atoms with van der Waals surface area (Å²) in [5.41, 5.74) is 3.05. The van der Waals surface area contributed by atoms with Crippen LogP contribution < -0.4 is 24.8 Å². The van der Waals surface area contributed by atoms with E-state index >= 15 is 0 Å². The molecule has 4 aliphatic carbocycles. The Hall–Kier alpha value is 0.362. The Morgan fingerprint density at radius 2 is 1.02 bits per heavy atom. The van der Waals surface area contributed by atoms with Crippen LogP contribution in [0, 0.1) is 12.2 Å². The zero-order valence-corrected chi connectivity index (χ0v) is 33.5. The van der Waals surface area contributed by atoms with Gasteiger partial charge in [-0.05, 0) is 26.7 Å². The van der Waals surface area contributed by atoms with Gasteiger partial charge in [0.15, 0.2) is 0 Å². The van der Waals surface area contributed by atoms with Crippen molar-refractivity contribution in [2.75, 3.05) is 0 Å². The molecule has 0 amide bonds. The smallest absolute Gasteiger partial charge is 0.0819 e. The van der Waals surface area contributed by atoms with Crippen molar-refractivity contribution < 1.29 is 68.2 Å². The van der Waals surface area contributed by atoms with E-state index in [2.05, 4.69) is 76.3 Å². The molecular formula is C36H54Cl2Si2Ti2-4. The molecule has 2 aliphatic heterocycles. The van der Waals surface area contributed by atoms with Crippen LogP contribution >= 0.6 is 0 Å². The van der Waals surface area contributed by atoms with E-state index in [-0.39, 0.29) is 68.2 Å². The topological polar surface area (TPSA) is 0 Å². The van der Waals surface area contributed by atoms with Gasteiger partial charge in [0.25, 0.3) is 0 Å². The average molecular weight is 710 g/mol. The number of unbranched alkanes of at least 4 members (excludes halogenated alkanes) is 2. The largest absolute Gasteiger partial charge is 1.00 e. The molecule has 0 atom stereocenters. The summed E-state index contributed by atoms with van der Waals surface area (Å²) in [6, 6.07) is 9.55. The molecule has 0 spiro atoms. The summed E-state index contributed by atoms with van der Waals surface area (Å²) in [5.74, 6) is 0. The Morgan fingerprint density at radius 1 is 0.643 bits per heavy atom. The first-order valence-electron chi connectivity index (χ1n) is 15.7. The van der Waals surface area contributed by atoms with Gasteiger partial charge in [-0.3, -0.25) is 12.2 Å². The van der Waals surface area contributed by atoms with Crippen LogP contribution in [0.3, 0.4) is 0 Å². The summed E-state index contributed by atoms with van der Waals surface area (Å²) in [6.45, 7) is 9.17. The molecule has 0 aromatic carbocycles. The fraction of sp³-hybridized carbons (Fsp3) is 0.556. The maximum Gasteiger partial charge on any atom is 0.0819 e. The van der Waals surface area contributed by atoms with E-state index in [1.165, 1.54) is 62.5 Å². The van der Waals surface area contributed by atoms with Crippen LogP contribution in [0.15, 0.2) is 82.3 Å². The van der Waals surface area contributed by atoms with E-state index in [0.717, 1.165) is 12.8 Å². The summed E-state index contributed by atoms with van der Waals surface area (Å²) in [5, 5.41) is 3.77. The molecule has 42 heavy (non-hydrogen) atoms. The van der Waals surface area contributed by atoms with Crippen LogP contribution in [0.4, 0.5) is 0 Å². The molecule has 6 heteroatoms. The minimum absolute atomic E-state index is 0. The molecule has 0 saturated carbocycles. The van der Waals surface area contributed by atoms with Crippen LogP contribution in [0.2, 0.25) is 36.3 Å². The fourth-order valence-corrected chi connectivity index (χ4v) is 16.0. The molecule has 232 valence electrons. The second-order valence-corrected chi connectivity index (χ2v) is 21.5. The monoisotopic (exact) mass is 708 g/mol. The number of hydrogen-bond donors (Lipinski definition) is 0. The van der Waals surface area contributed by atoms with Crippen LogP contribution in [0.5, 0.6) is 0 Å². The Bertz CT molecular complexity index is 894. The summed E-state index contributed by atoms with van der Waals surface area (Å²) >= 11 is 0. The summed E-state index contributed by atoms with van der Waals surface area (Å²) < 4.78 is 0. The summed E-state index contributed by atoms with van der Waals surface area (Å²) in [7, 11) is -1.73. The van der Waals surface area contributed by atoms with Gasteiger partial charge in [0.05, 0.1) is 16.1 Å². The Kier molecular flexibility index (Phi) is 26.0. The number of allylic oxidation sites excluding steroid dienone is 16. The van der Waals surface area contributed by atoms with Gasteiger partial charge in [0.1, 0.15) is 0 Å². The Labute approximate surface area is 304 Å². The maximum atomic E-state index is 2.99. The molecule has 0 bridgehead atoms. The third-order valence-corrected chi connectivity index (χ3v) is 20.6. The van der Waals surface area contributed by atoms with Gasteiger partial charge in [-0.15, -0.1) is 12.8 Å². The van der Waals surface area contributed by atoms with E-state index in [9.17, 15) is 0 Å². The molecule has 2 fully saturated rings. The minimum atomic E-state index is -0.864. The third-order valence-electron chi connectivity index (χ3n) is 9.26. The van der Waals surface area contributed by atoms with Gasteiger partial charge in [-0.25, -0.2) is 24.3 Å². The molecular weight excluding hydrogens is 655 g/mol. The SMILES string of the molecule is CCCC[Si]1(C2=CC(C)=CC2)CCC1.CCCC[Si]1(C2=CC(C)=CC2)CCC1.[C-]1=CC=CC1.[C-]1=CC=CC1.[Cl-].[Cl-].[Ti].[Ti]. The van der Waals surface area contributed by atoms with E-state index in [1.807, 2.05) is 34.7 Å². The normalized spacial score (nSPS) is 20.3. The van der Waals surface area contributed by atoms with Crippen molar-refractivity contribution in [2.24, 2.45) is 0 Å². The molecule has 2 saturated heterocycles. The molecule has 0 radical (unpaired) electrons. The van der Waals surface area contributed by atoms with Gasteiger partial charge in [0.2, 0.25) is 0 Å². The first kappa shape index (κ1) is 44.5. The second kappa shape index (κ2) is 24.6. The zero-order valence-electron chi connectivity index (χ0n) is 26.8. The van der Waals surface area contributed by atoms with Crippen molar-refractivity contribution in [2.45, 2.75) is 128 Å². The van der Waals surface area contributed by atoms with Crippen molar-refractivity contribution in [1.82, 2.24) is 0 Å². The van der Waals surface area contributed by atoms with Gasteiger partial charge in [-0.1, -0.05) is 134 Å². The van der Waals surface area contributed by atoms with E-state index < -0.39 is 16.1 Å². The van der Waals surface area contributed by atoms with E-state index in [1.54, 1.807) is 36.3 Å². The van der Waals surface area contributed by atoms with E-state index in [4.69, 9.17) is 0 Å². The van der Waals surface area contributed by atoms with Crippen molar-refractivity contribution in [3.05, 3.63) is 94.5 Å². The molecule has 0 N–H and O–H groups in total. The van der Waals surface area contributed by atoms with Crippen molar-refractivity contribution in [1.29, 1.82) is 0 Å². The van der Waals surface area contributed by atoms with Crippen molar-refractivity contribution in [3.63, 3.8) is 0 Å². The van der Waals surface area contributed by atoms with Crippen LogP contribution in [-0.2, 0) is 43.4 Å². The molecule has 2 heterocycles. The molecule has 0 aromatic rings. The molecule has 0 aromatic heterocycles. The summed E-state index contributed by atoms with van der Waals surface area (Å²) in [6.07, 6.45) is 41.3. The zero-order chi connectivity index (χ0) is 27.1. The first-order chi connectivity index (χ1) is 18.5. The fourth-order valence-electron chi connectivity index (χ4n) is 6.45. The maximum absolute atomic E-state index is 2.99. The molecule has 6 aliphatic rings. The predicted molar refractivity (Wildman–Crippen MR) is 175 cm³/mol. The summed E-state index contributed by atoms with van der Waals surface area (Å²) in [4.78, 5) is 0. The molecule has 6 rings (SSSR count). The second-order valence-electron chi connectivity index (χ2n) is 12.1. The predicted octanol–water partition coefficient (Wildman–Crippen LogP) is 5.52. The minimum Gasteiger partial charge on any atom is -1.00 e. The first-order valence-corrected chi connectivity index (χ1v) is 21.0. The van der Waals surface area contributed by atoms with Crippen LogP contribution in [-0.4, -0.2) is 16.1 Å². The average Bonchev–Trinajstić information content (AvgIpc) is 3.69. The number of rotatable bonds is 8. The molecule has 0 unspecified atom stereocenters. The van der Waals surface area contributed by atoms with Crippen LogP contribution in [0.1, 0.15) is 91.9 Å². The number of hydrogen-bond acceptors (Lipinski definition) is 0. The van der Waals surface area contributed by atoms with Gasteiger partial charge in [0, 0.05) is 43.4 Å². The Balaban J connectivity index is 0. The van der Waals surface area contributed by atoms with Crippen molar-refractivity contribution >= 4 is 16.1 Å². The Morgan fingerprint density at radius 3 is 1.19 bits per heavy atom. The van der Waals surface area contributed by atoms with Gasteiger partial charge >= 0.3 is 0 Å². The molecule has 0 nitrogen and oxygen atoms in total.